The quantitative estimate of drug-likeness (QED) is 0.425. The van der Waals surface area contributed by atoms with Crippen LogP contribution in [0.2, 0.25) is 0 Å². The van der Waals surface area contributed by atoms with Gasteiger partial charge in [0.1, 0.15) is 18.0 Å². The minimum atomic E-state index is -0.654. The van der Waals surface area contributed by atoms with Crippen LogP contribution in [0.5, 0.6) is 11.5 Å². The van der Waals surface area contributed by atoms with E-state index in [0.29, 0.717) is 53.1 Å². The highest BCUT2D eigenvalue weighted by Gasteiger charge is 2.41. The molecule has 1 N–H and O–H groups in total. The lowest BCUT2D eigenvalue weighted by Gasteiger charge is -2.22. The molecule has 194 valence electrons. The zero-order valence-electron chi connectivity index (χ0n) is 20.9. The van der Waals surface area contributed by atoms with Gasteiger partial charge in [0.2, 0.25) is 0 Å². The molecule has 2 fully saturated rings. The molecule has 1 aromatic carbocycles. The van der Waals surface area contributed by atoms with Crippen LogP contribution in [0, 0.1) is 23.7 Å². The molecule has 0 spiro atoms. The first-order valence-electron chi connectivity index (χ1n) is 12.7. The molecule has 0 radical (unpaired) electrons. The van der Waals surface area contributed by atoms with Gasteiger partial charge in [-0.3, -0.25) is 0 Å². The Morgan fingerprint density at radius 2 is 1.89 bits per heavy atom. The Labute approximate surface area is 221 Å². The van der Waals surface area contributed by atoms with E-state index in [2.05, 4.69) is 34.0 Å². The Morgan fingerprint density at radius 1 is 1.14 bits per heavy atom. The third-order valence-electron chi connectivity index (χ3n) is 7.51. The van der Waals surface area contributed by atoms with Crippen LogP contribution in [0.1, 0.15) is 33.1 Å². The average molecular weight is 535 g/mol. The Morgan fingerprint density at radius 3 is 2.58 bits per heavy atom. The molecule has 2 aliphatic carbocycles. The fourth-order valence-electron chi connectivity index (χ4n) is 5.95. The third kappa shape index (κ3) is 5.29. The summed E-state index contributed by atoms with van der Waals surface area (Å²) in [6.45, 7) is 8.88. The third-order valence-corrected chi connectivity index (χ3v) is 8.34. The summed E-state index contributed by atoms with van der Waals surface area (Å²) in [5.74, 6) is 4.09. The topological polar surface area (TPSA) is 59.5 Å². The minimum absolute atomic E-state index is 0.0734. The van der Waals surface area contributed by atoms with Gasteiger partial charge in [-0.1, -0.05) is 43.1 Å². The van der Waals surface area contributed by atoms with Crippen LogP contribution >= 0.6 is 23.2 Å². The van der Waals surface area contributed by atoms with E-state index in [1.807, 2.05) is 12.1 Å². The molecule has 9 heteroatoms. The van der Waals surface area contributed by atoms with Crippen LogP contribution in [0.15, 0.2) is 40.4 Å². The molecule has 0 amide bonds. The molecule has 3 aliphatic rings. The van der Waals surface area contributed by atoms with Crippen molar-refractivity contribution in [1.29, 1.82) is 0 Å². The number of hydrogen-bond acceptors (Lipinski definition) is 6. The molecule has 1 aromatic heterocycles. The Kier molecular flexibility index (Phi) is 7.61. The summed E-state index contributed by atoms with van der Waals surface area (Å²) < 4.78 is 26.6. The number of nitrogens with one attached hydrogen (secondary N) is 1. The Balaban J connectivity index is 1.27. The normalized spacial score (nSPS) is 26.5. The largest absolute Gasteiger partial charge is 0.493 e. The highest BCUT2D eigenvalue weighted by Crippen LogP contribution is 2.43. The SMILES string of the molecule is COc1cc2c(NC3CC=C(Cl)C(Cl)=C3F)ncnc2cc1OCC1C[C@@H]2CN(CC(C)C)C[C@@H]2C1. The second-order valence-electron chi connectivity index (χ2n) is 10.7. The minimum Gasteiger partial charge on any atom is -0.493 e. The average Bonchev–Trinajstić information content (AvgIpc) is 3.40. The highest BCUT2D eigenvalue weighted by atomic mass is 35.5. The molecule has 1 saturated carbocycles. The van der Waals surface area contributed by atoms with Gasteiger partial charge in [0.25, 0.3) is 0 Å². The van der Waals surface area contributed by atoms with Crippen LogP contribution in [0.3, 0.4) is 0 Å². The van der Waals surface area contributed by atoms with Crippen molar-refractivity contribution < 1.29 is 13.9 Å². The summed E-state index contributed by atoms with van der Waals surface area (Å²) in [7, 11) is 1.62. The number of ether oxygens (including phenoxy) is 2. The van der Waals surface area contributed by atoms with Crippen molar-refractivity contribution in [3.8, 4) is 11.5 Å². The smallest absolute Gasteiger partial charge is 0.163 e. The number of likely N-dealkylation sites (tertiary alicyclic amines) is 1. The Hall–Kier alpha value is -2.09. The van der Waals surface area contributed by atoms with E-state index < -0.39 is 11.9 Å². The zero-order valence-corrected chi connectivity index (χ0v) is 22.4. The number of fused-ring (bicyclic) bond motifs is 2. The lowest BCUT2D eigenvalue weighted by atomic mass is 10.0. The van der Waals surface area contributed by atoms with E-state index in [4.69, 9.17) is 32.7 Å². The van der Waals surface area contributed by atoms with Crippen molar-refractivity contribution in [1.82, 2.24) is 14.9 Å². The number of hydrogen-bond donors (Lipinski definition) is 1. The van der Waals surface area contributed by atoms with Gasteiger partial charge < -0.3 is 19.7 Å². The number of nitrogens with zero attached hydrogens (tertiary/aromatic N) is 3. The molecule has 1 saturated heterocycles. The summed E-state index contributed by atoms with van der Waals surface area (Å²) in [5.41, 5.74) is 0.691. The van der Waals surface area contributed by atoms with Crippen LogP contribution < -0.4 is 14.8 Å². The fraction of sp³-hybridized carbons (Fsp3) is 0.556. The fourth-order valence-corrected chi connectivity index (χ4v) is 6.34. The molecule has 5 rings (SSSR count). The number of aromatic nitrogens is 2. The van der Waals surface area contributed by atoms with Crippen LogP contribution in [-0.4, -0.2) is 54.3 Å². The zero-order chi connectivity index (χ0) is 25.4. The second-order valence-corrected chi connectivity index (χ2v) is 11.5. The van der Waals surface area contributed by atoms with Gasteiger partial charge in [-0.25, -0.2) is 14.4 Å². The van der Waals surface area contributed by atoms with Gasteiger partial charge in [0, 0.05) is 31.1 Å². The van der Waals surface area contributed by atoms with E-state index in [9.17, 15) is 4.39 Å². The molecule has 0 bridgehead atoms. The molecular formula is C27H33Cl2FN4O2. The lowest BCUT2D eigenvalue weighted by molar-refractivity contribution is 0.216. The van der Waals surface area contributed by atoms with Crippen molar-refractivity contribution in [2.75, 3.05) is 38.7 Å². The molecular weight excluding hydrogens is 502 g/mol. The van der Waals surface area contributed by atoms with E-state index in [1.54, 1.807) is 13.2 Å². The molecule has 2 heterocycles. The molecule has 1 aliphatic heterocycles. The summed E-state index contributed by atoms with van der Waals surface area (Å²) in [6.07, 6.45) is 5.94. The van der Waals surface area contributed by atoms with E-state index in [0.717, 1.165) is 11.8 Å². The molecule has 6 nitrogen and oxygen atoms in total. The number of methoxy groups -OCH3 is 1. The number of anilines is 1. The van der Waals surface area contributed by atoms with E-state index in [1.165, 1.54) is 38.8 Å². The molecule has 2 unspecified atom stereocenters. The lowest BCUT2D eigenvalue weighted by Crippen LogP contribution is -2.27. The van der Waals surface area contributed by atoms with Crippen molar-refractivity contribution in [2.45, 2.75) is 39.2 Å². The summed E-state index contributed by atoms with van der Waals surface area (Å²) >= 11 is 12.0. The molecule has 36 heavy (non-hydrogen) atoms. The maximum absolute atomic E-state index is 14.7. The van der Waals surface area contributed by atoms with E-state index >= 15 is 0 Å². The first kappa shape index (κ1) is 25.6. The van der Waals surface area contributed by atoms with Gasteiger partial charge in [0.15, 0.2) is 11.5 Å². The monoisotopic (exact) mass is 534 g/mol. The summed E-state index contributed by atoms with van der Waals surface area (Å²) in [6, 6.07) is 3.06. The van der Waals surface area contributed by atoms with Crippen molar-refractivity contribution >= 4 is 39.9 Å². The summed E-state index contributed by atoms with van der Waals surface area (Å²) in [5, 5.41) is 4.00. The number of rotatable bonds is 8. The van der Waals surface area contributed by atoms with Gasteiger partial charge >= 0.3 is 0 Å². The Bertz CT molecular complexity index is 1170. The highest BCUT2D eigenvalue weighted by molar-refractivity contribution is 6.44. The predicted molar refractivity (Wildman–Crippen MR) is 143 cm³/mol. The van der Waals surface area contributed by atoms with Gasteiger partial charge in [-0.2, -0.15) is 0 Å². The van der Waals surface area contributed by atoms with Crippen molar-refractivity contribution in [3.63, 3.8) is 0 Å². The molecule has 2 aromatic rings. The summed E-state index contributed by atoms with van der Waals surface area (Å²) in [4.78, 5) is 11.4. The predicted octanol–water partition coefficient (Wildman–Crippen LogP) is 6.36. The maximum Gasteiger partial charge on any atom is 0.163 e. The van der Waals surface area contributed by atoms with Gasteiger partial charge in [-0.05, 0) is 49.0 Å². The van der Waals surface area contributed by atoms with Crippen molar-refractivity contribution in [3.05, 3.63) is 40.4 Å². The van der Waals surface area contributed by atoms with E-state index in [-0.39, 0.29) is 10.1 Å². The van der Waals surface area contributed by atoms with Crippen LogP contribution in [0.4, 0.5) is 10.2 Å². The van der Waals surface area contributed by atoms with Gasteiger partial charge in [0.05, 0.1) is 35.3 Å². The number of halogens is 3. The second kappa shape index (κ2) is 10.7. The standard InChI is InChI=1S/C27H33Cl2FN4O2/c1-15(2)10-34-11-17-6-16(7-18(17)12-34)13-36-24-9-22-19(8-23(24)35-3)27(32-14-31-22)33-21-5-4-20(28)25(29)26(21)30/h4,8-9,14-18,21H,5-7,10-13H2,1-3H3,(H,31,32,33)/t16?,17-,18+,21?. The van der Waals surface area contributed by atoms with Crippen LogP contribution in [-0.2, 0) is 0 Å². The number of benzene rings is 1. The maximum atomic E-state index is 14.7. The van der Waals surface area contributed by atoms with Crippen LogP contribution in [0.25, 0.3) is 10.9 Å². The first-order chi connectivity index (χ1) is 17.3. The number of allylic oxidation sites excluding steroid dienone is 2. The molecule has 4 atom stereocenters. The first-order valence-corrected chi connectivity index (χ1v) is 13.4. The van der Waals surface area contributed by atoms with Gasteiger partial charge in [-0.15, -0.1) is 0 Å². The van der Waals surface area contributed by atoms with Crippen molar-refractivity contribution in [2.24, 2.45) is 23.7 Å².